The Bertz CT molecular complexity index is 681. The number of para-hydroxylation sites is 1. The van der Waals surface area contributed by atoms with Crippen LogP contribution in [-0.2, 0) is 6.18 Å². The fraction of sp³-hybridized carbons (Fsp3) is 0.133. The average molecular weight is 295 g/mol. The van der Waals surface area contributed by atoms with E-state index in [1.54, 1.807) is 12.1 Å². The van der Waals surface area contributed by atoms with Crippen LogP contribution in [0.1, 0.15) is 21.5 Å². The largest absolute Gasteiger partial charge is 0.507 e. The van der Waals surface area contributed by atoms with E-state index in [-0.39, 0.29) is 17.0 Å². The van der Waals surface area contributed by atoms with Crippen molar-refractivity contribution in [1.82, 2.24) is 0 Å². The fourth-order valence-electron chi connectivity index (χ4n) is 1.88. The fourth-order valence-corrected chi connectivity index (χ4v) is 1.88. The minimum atomic E-state index is -4.49. The molecule has 0 fully saturated rings. The zero-order valence-electron chi connectivity index (χ0n) is 11.0. The molecule has 0 radical (unpaired) electrons. The van der Waals surface area contributed by atoms with Gasteiger partial charge in [0, 0.05) is 5.69 Å². The minimum Gasteiger partial charge on any atom is -0.507 e. The highest BCUT2D eigenvalue weighted by Crippen LogP contribution is 2.32. The summed E-state index contributed by atoms with van der Waals surface area (Å²) >= 11 is 0. The quantitative estimate of drug-likeness (QED) is 0.880. The predicted octanol–water partition coefficient (Wildman–Crippen LogP) is 3.97. The zero-order valence-corrected chi connectivity index (χ0v) is 11.0. The second kappa shape index (κ2) is 5.47. The average Bonchev–Trinajstić information content (AvgIpc) is 2.37. The summed E-state index contributed by atoms with van der Waals surface area (Å²) in [5, 5.41) is 11.9. The Morgan fingerprint density at radius 1 is 1.14 bits per heavy atom. The molecular weight excluding hydrogens is 283 g/mol. The Balaban J connectivity index is 2.30. The number of aryl methyl sites for hydroxylation is 1. The second-order valence-corrected chi connectivity index (χ2v) is 4.56. The molecular formula is C15H12F3NO2. The van der Waals surface area contributed by atoms with E-state index in [2.05, 4.69) is 5.32 Å². The lowest BCUT2D eigenvalue weighted by atomic mass is 10.1. The molecule has 6 heteroatoms. The maximum absolute atomic E-state index is 12.7. The summed E-state index contributed by atoms with van der Waals surface area (Å²) in [5.74, 6) is -0.912. The summed E-state index contributed by atoms with van der Waals surface area (Å²) in [7, 11) is 0. The van der Waals surface area contributed by atoms with Gasteiger partial charge >= 0.3 is 6.18 Å². The number of hydrogen-bond donors (Lipinski definition) is 2. The number of aromatic hydroxyl groups is 1. The second-order valence-electron chi connectivity index (χ2n) is 4.56. The van der Waals surface area contributed by atoms with E-state index in [0.717, 1.165) is 12.1 Å². The summed E-state index contributed by atoms with van der Waals surface area (Å²) < 4.78 is 38.2. The van der Waals surface area contributed by atoms with Crippen molar-refractivity contribution in [2.24, 2.45) is 0 Å². The molecule has 21 heavy (non-hydrogen) atoms. The Hall–Kier alpha value is -2.50. The van der Waals surface area contributed by atoms with Gasteiger partial charge in [-0.15, -0.1) is 0 Å². The molecule has 2 N–H and O–H groups in total. The number of nitrogens with one attached hydrogen (secondary N) is 1. The molecule has 110 valence electrons. The SMILES string of the molecule is Cc1cc(NC(=O)c2ccccc2O)cc(C(F)(F)F)c1. The lowest BCUT2D eigenvalue weighted by molar-refractivity contribution is -0.137. The van der Waals surface area contributed by atoms with Crippen LogP contribution in [0.4, 0.5) is 18.9 Å². The van der Waals surface area contributed by atoms with E-state index in [0.29, 0.717) is 5.56 Å². The van der Waals surface area contributed by atoms with E-state index in [1.165, 1.54) is 25.1 Å². The monoisotopic (exact) mass is 295 g/mol. The Kier molecular flexibility index (Phi) is 3.88. The first-order valence-electron chi connectivity index (χ1n) is 6.05. The summed E-state index contributed by atoms with van der Waals surface area (Å²) in [5.41, 5.74) is -0.448. The highest BCUT2D eigenvalue weighted by Gasteiger charge is 2.31. The number of phenols is 1. The van der Waals surface area contributed by atoms with Crippen molar-refractivity contribution in [2.75, 3.05) is 5.32 Å². The highest BCUT2D eigenvalue weighted by molar-refractivity contribution is 6.06. The van der Waals surface area contributed by atoms with Crippen LogP contribution < -0.4 is 5.32 Å². The Morgan fingerprint density at radius 3 is 2.43 bits per heavy atom. The number of rotatable bonds is 2. The van der Waals surface area contributed by atoms with Crippen molar-refractivity contribution in [3.8, 4) is 5.75 Å². The van der Waals surface area contributed by atoms with Crippen LogP contribution in [-0.4, -0.2) is 11.0 Å². The molecule has 0 unspecified atom stereocenters. The van der Waals surface area contributed by atoms with Gasteiger partial charge in [0.15, 0.2) is 0 Å². The van der Waals surface area contributed by atoms with Gasteiger partial charge in [-0.05, 0) is 42.8 Å². The van der Waals surface area contributed by atoms with Crippen LogP contribution in [0.5, 0.6) is 5.75 Å². The van der Waals surface area contributed by atoms with Gasteiger partial charge in [-0.25, -0.2) is 0 Å². The molecule has 1 amide bonds. The van der Waals surface area contributed by atoms with Crippen LogP contribution in [0.25, 0.3) is 0 Å². The number of alkyl halides is 3. The van der Waals surface area contributed by atoms with E-state index < -0.39 is 17.6 Å². The van der Waals surface area contributed by atoms with Crippen LogP contribution >= 0.6 is 0 Å². The number of halogens is 3. The first kappa shape index (κ1) is 14.9. The van der Waals surface area contributed by atoms with Crippen molar-refractivity contribution in [2.45, 2.75) is 13.1 Å². The van der Waals surface area contributed by atoms with Crippen molar-refractivity contribution in [3.05, 3.63) is 59.2 Å². The lowest BCUT2D eigenvalue weighted by Crippen LogP contribution is -2.13. The van der Waals surface area contributed by atoms with Gasteiger partial charge in [-0.2, -0.15) is 13.2 Å². The summed E-state index contributed by atoms with van der Waals surface area (Å²) in [6.07, 6.45) is -4.49. The molecule has 0 aliphatic carbocycles. The predicted molar refractivity (Wildman–Crippen MR) is 72.2 cm³/mol. The minimum absolute atomic E-state index is 0.00688. The van der Waals surface area contributed by atoms with Gasteiger partial charge in [0.05, 0.1) is 11.1 Å². The van der Waals surface area contributed by atoms with Crippen LogP contribution in [0.3, 0.4) is 0 Å². The number of anilines is 1. The lowest BCUT2D eigenvalue weighted by Gasteiger charge is -2.12. The van der Waals surface area contributed by atoms with Gasteiger partial charge in [-0.1, -0.05) is 12.1 Å². The molecule has 2 aromatic rings. The first-order valence-corrected chi connectivity index (χ1v) is 6.05. The van der Waals surface area contributed by atoms with Crippen LogP contribution in [0.15, 0.2) is 42.5 Å². The molecule has 0 aromatic heterocycles. The molecule has 0 saturated heterocycles. The molecule has 0 spiro atoms. The third-order valence-corrected chi connectivity index (χ3v) is 2.81. The normalized spacial score (nSPS) is 11.2. The van der Waals surface area contributed by atoms with Gasteiger partial charge < -0.3 is 10.4 Å². The number of hydrogen-bond acceptors (Lipinski definition) is 2. The van der Waals surface area contributed by atoms with Crippen molar-refractivity contribution in [1.29, 1.82) is 0 Å². The van der Waals surface area contributed by atoms with Gasteiger partial charge in [0.1, 0.15) is 5.75 Å². The molecule has 0 aliphatic rings. The van der Waals surface area contributed by atoms with Crippen molar-refractivity contribution in [3.63, 3.8) is 0 Å². The summed E-state index contributed by atoms with van der Waals surface area (Å²) in [4.78, 5) is 12.0. The summed E-state index contributed by atoms with van der Waals surface area (Å²) in [6.45, 7) is 1.50. The van der Waals surface area contributed by atoms with E-state index in [9.17, 15) is 23.1 Å². The number of amides is 1. The van der Waals surface area contributed by atoms with E-state index in [4.69, 9.17) is 0 Å². The third-order valence-electron chi connectivity index (χ3n) is 2.81. The standard InChI is InChI=1S/C15H12F3NO2/c1-9-6-10(15(16,17)18)8-11(7-9)19-14(21)12-4-2-3-5-13(12)20/h2-8,20H,1H3,(H,19,21). The smallest absolute Gasteiger partial charge is 0.416 e. The van der Waals surface area contributed by atoms with Crippen LogP contribution in [0.2, 0.25) is 0 Å². The molecule has 0 atom stereocenters. The Labute approximate surface area is 119 Å². The number of carbonyl (C=O) groups excluding carboxylic acids is 1. The van der Waals surface area contributed by atoms with Crippen LogP contribution in [0, 0.1) is 6.92 Å². The highest BCUT2D eigenvalue weighted by atomic mass is 19.4. The van der Waals surface area contributed by atoms with Gasteiger partial charge in [-0.3, -0.25) is 4.79 Å². The van der Waals surface area contributed by atoms with Gasteiger partial charge in [0.2, 0.25) is 0 Å². The maximum Gasteiger partial charge on any atom is 0.416 e. The molecule has 2 aromatic carbocycles. The molecule has 0 bridgehead atoms. The third kappa shape index (κ3) is 3.53. The van der Waals surface area contributed by atoms with Crippen molar-refractivity contribution < 1.29 is 23.1 Å². The molecule has 2 rings (SSSR count). The molecule has 0 heterocycles. The maximum atomic E-state index is 12.7. The number of benzene rings is 2. The van der Waals surface area contributed by atoms with Gasteiger partial charge in [0.25, 0.3) is 5.91 Å². The molecule has 0 saturated carbocycles. The molecule has 3 nitrogen and oxygen atoms in total. The summed E-state index contributed by atoms with van der Waals surface area (Å²) in [6, 6.07) is 9.07. The zero-order chi connectivity index (χ0) is 15.6. The first-order chi connectivity index (χ1) is 9.77. The Morgan fingerprint density at radius 2 is 1.81 bits per heavy atom. The topological polar surface area (TPSA) is 49.3 Å². The number of phenolic OH excluding ortho intramolecular Hbond substituents is 1. The van der Waals surface area contributed by atoms with E-state index in [1.807, 2.05) is 0 Å². The molecule has 0 aliphatic heterocycles. The van der Waals surface area contributed by atoms with E-state index >= 15 is 0 Å². The number of carbonyl (C=O) groups is 1. The van der Waals surface area contributed by atoms with Crippen molar-refractivity contribution >= 4 is 11.6 Å².